The molecular formula is C12H7FN2O2S. The Bertz CT molecular complexity index is 847. The fraction of sp³-hybridized carbons (Fsp3) is 0. The maximum Gasteiger partial charge on any atom is 0.333 e. The van der Waals surface area contributed by atoms with Crippen LogP contribution in [-0.4, -0.2) is 9.55 Å². The van der Waals surface area contributed by atoms with E-state index in [1.54, 1.807) is 11.4 Å². The van der Waals surface area contributed by atoms with Crippen LogP contribution >= 0.6 is 11.3 Å². The highest BCUT2D eigenvalue weighted by molar-refractivity contribution is 7.17. The first-order chi connectivity index (χ1) is 8.66. The van der Waals surface area contributed by atoms with Crippen molar-refractivity contribution >= 4 is 21.6 Å². The second-order valence-electron chi connectivity index (χ2n) is 3.71. The molecule has 4 nitrogen and oxygen atoms in total. The third kappa shape index (κ3) is 1.58. The first kappa shape index (κ1) is 10.9. The first-order valence-electron chi connectivity index (χ1n) is 5.15. The van der Waals surface area contributed by atoms with Crippen molar-refractivity contribution in [3.63, 3.8) is 0 Å². The summed E-state index contributed by atoms with van der Waals surface area (Å²) in [5.41, 5.74) is -0.287. The molecule has 0 saturated carbocycles. The number of hydrogen-bond acceptors (Lipinski definition) is 3. The molecule has 0 atom stereocenters. The van der Waals surface area contributed by atoms with Gasteiger partial charge in [-0.1, -0.05) is 6.07 Å². The molecule has 6 heteroatoms. The van der Waals surface area contributed by atoms with Crippen LogP contribution in [0.1, 0.15) is 0 Å². The van der Waals surface area contributed by atoms with Gasteiger partial charge in [0.1, 0.15) is 10.5 Å². The van der Waals surface area contributed by atoms with Crippen molar-refractivity contribution < 1.29 is 4.39 Å². The van der Waals surface area contributed by atoms with Crippen LogP contribution in [0.25, 0.3) is 15.9 Å². The zero-order valence-corrected chi connectivity index (χ0v) is 9.83. The van der Waals surface area contributed by atoms with Crippen molar-refractivity contribution in [2.45, 2.75) is 0 Å². The molecule has 0 aliphatic rings. The zero-order valence-electron chi connectivity index (χ0n) is 9.01. The maximum atomic E-state index is 13.1. The average molecular weight is 262 g/mol. The third-order valence-corrected chi connectivity index (χ3v) is 3.48. The second kappa shape index (κ2) is 3.92. The quantitative estimate of drug-likeness (QED) is 0.728. The minimum atomic E-state index is -0.573. The van der Waals surface area contributed by atoms with Crippen molar-refractivity contribution in [1.82, 2.24) is 9.55 Å². The molecular weight excluding hydrogens is 255 g/mol. The largest absolute Gasteiger partial charge is 0.333 e. The molecule has 18 heavy (non-hydrogen) atoms. The average Bonchev–Trinajstić information content (AvgIpc) is 2.77. The van der Waals surface area contributed by atoms with Crippen molar-refractivity contribution in [3.05, 3.63) is 62.4 Å². The smallest absolute Gasteiger partial charge is 0.306 e. The summed E-state index contributed by atoms with van der Waals surface area (Å²) in [6.07, 6.45) is 0. The van der Waals surface area contributed by atoms with E-state index in [9.17, 15) is 14.0 Å². The summed E-state index contributed by atoms with van der Waals surface area (Å²) in [4.78, 5) is 26.6. The summed E-state index contributed by atoms with van der Waals surface area (Å²) in [5.74, 6) is -0.495. The lowest BCUT2D eigenvalue weighted by atomic mass is 10.3. The molecule has 1 aromatic carbocycles. The Labute approximate surface area is 104 Å². The molecule has 1 N–H and O–H groups in total. The predicted molar refractivity (Wildman–Crippen MR) is 68.0 cm³/mol. The van der Waals surface area contributed by atoms with Crippen molar-refractivity contribution in [1.29, 1.82) is 0 Å². The molecule has 90 valence electrons. The van der Waals surface area contributed by atoms with Crippen LogP contribution in [-0.2, 0) is 0 Å². The van der Waals surface area contributed by atoms with Crippen LogP contribution in [0.3, 0.4) is 0 Å². The molecule has 0 radical (unpaired) electrons. The normalized spacial score (nSPS) is 10.9. The Morgan fingerprint density at radius 3 is 2.83 bits per heavy atom. The number of benzene rings is 1. The summed E-state index contributed by atoms with van der Waals surface area (Å²) in [7, 11) is 0. The highest BCUT2D eigenvalue weighted by atomic mass is 32.1. The fourth-order valence-corrected chi connectivity index (χ4v) is 2.57. The number of nitrogens with zero attached hydrogens (tertiary/aromatic N) is 1. The Balaban J connectivity index is 2.42. The van der Waals surface area contributed by atoms with E-state index in [2.05, 4.69) is 4.98 Å². The summed E-state index contributed by atoms with van der Waals surface area (Å²) >= 11 is 1.24. The lowest BCUT2D eigenvalue weighted by molar-refractivity contribution is 0.626. The van der Waals surface area contributed by atoms with Gasteiger partial charge < -0.3 is 4.98 Å². The number of halogens is 1. The van der Waals surface area contributed by atoms with Gasteiger partial charge >= 0.3 is 5.69 Å². The number of thiophene rings is 1. The molecule has 0 fully saturated rings. The van der Waals surface area contributed by atoms with Gasteiger partial charge in [-0.05, 0) is 29.6 Å². The van der Waals surface area contributed by atoms with Crippen LogP contribution in [0.4, 0.5) is 4.39 Å². The number of aromatic amines is 1. The number of fused-ring (bicyclic) bond motifs is 1. The van der Waals surface area contributed by atoms with Crippen LogP contribution in [0, 0.1) is 5.82 Å². The number of hydrogen-bond donors (Lipinski definition) is 1. The standard InChI is InChI=1S/C12H7FN2O2S/c13-7-2-1-3-8(6-7)15-11(16)10-9(4-5-18-10)14-12(15)17/h1-6H,(H,14,17). The van der Waals surface area contributed by atoms with E-state index in [-0.39, 0.29) is 5.69 Å². The van der Waals surface area contributed by atoms with E-state index in [4.69, 9.17) is 0 Å². The van der Waals surface area contributed by atoms with E-state index in [1.165, 1.54) is 29.5 Å². The third-order valence-electron chi connectivity index (χ3n) is 2.57. The van der Waals surface area contributed by atoms with E-state index < -0.39 is 17.1 Å². The highest BCUT2D eigenvalue weighted by Crippen LogP contribution is 2.13. The molecule has 0 amide bonds. The monoisotopic (exact) mass is 262 g/mol. The lowest BCUT2D eigenvalue weighted by Gasteiger charge is -2.04. The summed E-state index contributed by atoms with van der Waals surface area (Å²) < 4.78 is 14.5. The maximum absolute atomic E-state index is 13.1. The highest BCUT2D eigenvalue weighted by Gasteiger charge is 2.10. The fourth-order valence-electron chi connectivity index (χ4n) is 1.79. The Morgan fingerprint density at radius 1 is 1.22 bits per heavy atom. The van der Waals surface area contributed by atoms with Gasteiger partial charge in [0.2, 0.25) is 0 Å². The van der Waals surface area contributed by atoms with Crippen LogP contribution < -0.4 is 11.2 Å². The van der Waals surface area contributed by atoms with Gasteiger partial charge in [0, 0.05) is 0 Å². The van der Waals surface area contributed by atoms with Crippen LogP contribution in [0.15, 0.2) is 45.3 Å². The van der Waals surface area contributed by atoms with Gasteiger partial charge in [-0.15, -0.1) is 11.3 Å². The number of H-pyrrole nitrogens is 1. The van der Waals surface area contributed by atoms with E-state index in [0.717, 1.165) is 10.6 Å². The summed E-state index contributed by atoms with van der Waals surface area (Å²) in [6, 6.07) is 7.04. The molecule has 0 unspecified atom stereocenters. The van der Waals surface area contributed by atoms with E-state index in [0.29, 0.717) is 10.2 Å². The Kier molecular flexibility index (Phi) is 2.38. The van der Waals surface area contributed by atoms with Crippen LogP contribution in [0.5, 0.6) is 0 Å². The molecule has 0 saturated heterocycles. The van der Waals surface area contributed by atoms with Crippen molar-refractivity contribution in [2.75, 3.05) is 0 Å². The Morgan fingerprint density at radius 2 is 2.06 bits per heavy atom. The number of nitrogens with one attached hydrogen (secondary N) is 1. The van der Waals surface area contributed by atoms with Gasteiger partial charge in [0.05, 0.1) is 11.2 Å². The molecule has 3 aromatic rings. The minimum absolute atomic E-state index is 0.219. The number of aromatic nitrogens is 2. The van der Waals surface area contributed by atoms with E-state index in [1.807, 2.05) is 0 Å². The lowest BCUT2D eigenvalue weighted by Crippen LogP contribution is -2.33. The van der Waals surface area contributed by atoms with E-state index >= 15 is 0 Å². The molecule has 0 aliphatic heterocycles. The van der Waals surface area contributed by atoms with Gasteiger partial charge in [0.25, 0.3) is 5.56 Å². The molecule has 3 rings (SSSR count). The first-order valence-corrected chi connectivity index (χ1v) is 6.03. The number of rotatable bonds is 1. The van der Waals surface area contributed by atoms with Gasteiger partial charge in [0.15, 0.2) is 0 Å². The minimum Gasteiger partial charge on any atom is -0.306 e. The second-order valence-corrected chi connectivity index (χ2v) is 4.63. The summed E-state index contributed by atoms with van der Waals surface area (Å²) in [5, 5.41) is 1.72. The van der Waals surface area contributed by atoms with Gasteiger partial charge in [-0.25, -0.2) is 13.8 Å². The molecule has 0 bridgehead atoms. The zero-order chi connectivity index (χ0) is 12.7. The molecule has 2 heterocycles. The molecule has 0 spiro atoms. The van der Waals surface area contributed by atoms with Crippen molar-refractivity contribution in [2.24, 2.45) is 0 Å². The Hall–Kier alpha value is -2.21. The SMILES string of the molecule is O=c1[nH]c2ccsc2c(=O)n1-c1cccc(F)c1. The van der Waals surface area contributed by atoms with Crippen LogP contribution in [0.2, 0.25) is 0 Å². The van der Waals surface area contributed by atoms with Gasteiger partial charge in [-0.2, -0.15) is 0 Å². The van der Waals surface area contributed by atoms with Gasteiger partial charge in [-0.3, -0.25) is 4.79 Å². The topological polar surface area (TPSA) is 54.9 Å². The molecule has 0 aliphatic carbocycles. The molecule has 2 aromatic heterocycles. The van der Waals surface area contributed by atoms with Crippen molar-refractivity contribution in [3.8, 4) is 5.69 Å². The summed E-state index contributed by atoms with van der Waals surface area (Å²) in [6.45, 7) is 0. The predicted octanol–water partition coefficient (Wildman–Crippen LogP) is 1.88.